The number of hydrogen-bond donors (Lipinski definition) is 0. The molecule has 3 aliphatic rings. The highest BCUT2D eigenvalue weighted by Gasteiger charge is 2.46. The molecule has 61 heavy (non-hydrogen) atoms. The van der Waals surface area contributed by atoms with Crippen LogP contribution in [0.2, 0.25) is 0 Å². The van der Waals surface area contributed by atoms with Gasteiger partial charge >= 0.3 is 0 Å². The van der Waals surface area contributed by atoms with Gasteiger partial charge in [0.2, 0.25) is 0 Å². The highest BCUT2D eigenvalue weighted by atomic mass is 32.2. The Morgan fingerprint density at radius 3 is 1.90 bits per heavy atom. The summed E-state index contributed by atoms with van der Waals surface area (Å²) in [5, 5.41) is 3.91. The summed E-state index contributed by atoms with van der Waals surface area (Å²) in [6.07, 6.45) is 0. The van der Waals surface area contributed by atoms with Gasteiger partial charge in [-0.2, -0.15) is 0 Å². The lowest BCUT2D eigenvalue weighted by Gasteiger charge is -2.44. The summed E-state index contributed by atoms with van der Waals surface area (Å²) in [4.78, 5) is 10.1. The Morgan fingerprint density at radius 2 is 1.10 bits per heavy atom. The van der Waals surface area contributed by atoms with Gasteiger partial charge in [0.05, 0.1) is 21.8 Å². The van der Waals surface area contributed by atoms with Crippen molar-refractivity contribution in [3.63, 3.8) is 0 Å². The molecule has 0 N–H and O–H groups in total. The number of benzene rings is 8. The second kappa shape index (κ2) is 13.1. The number of fused-ring (bicyclic) bond motifs is 14. The number of hydrogen-bond acceptors (Lipinski definition) is 6. The second-order valence-corrected chi connectivity index (χ2v) is 20.5. The van der Waals surface area contributed by atoms with Crippen molar-refractivity contribution in [2.24, 2.45) is 0 Å². The van der Waals surface area contributed by atoms with E-state index in [4.69, 9.17) is 0 Å². The van der Waals surface area contributed by atoms with Crippen molar-refractivity contribution in [1.82, 2.24) is 0 Å². The summed E-state index contributed by atoms with van der Waals surface area (Å²) in [5.41, 5.74) is 15.0. The number of anilines is 9. The van der Waals surface area contributed by atoms with E-state index < -0.39 is 0 Å². The molecule has 5 heterocycles. The maximum Gasteiger partial charge on any atom is 0.264 e. The molecule has 0 atom stereocenters. The minimum absolute atomic E-state index is 0.0436. The van der Waals surface area contributed by atoms with Crippen LogP contribution in [0.25, 0.3) is 30.3 Å². The van der Waals surface area contributed by atoms with Crippen LogP contribution in [-0.4, -0.2) is 6.71 Å². The Morgan fingerprint density at radius 1 is 0.443 bits per heavy atom. The molecule has 13 rings (SSSR count). The van der Waals surface area contributed by atoms with Crippen molar-refractivity contribution in [1.29, 1.82) is 0 Å². The topological polar surface area (TPSA) is 9.72 Å². The molecule has 0 fully saturated rings. The lowest BCUT2D eigenvalue weighted by Crippen LogP contribution is -2.60. The summed E-state index contributed by atoms with van der Waals surface area (Å²) < 4.78 is 5.32. The average molecular weight is 836 g/mol. The van der Waals surface area contributed by atoms with Gasteiger partial charge in [-0.3, -0.25) is 0 Å². The number of nitrogens with zero attached hydrogens (tertiary/aromatic N) is 3. The Kier molecular flexibility index (Phi) is 7.64. The number of para-hydroxylation sites is 2. The summed E-state index contributed by atoms with van der Waals surface area (Å²) in [6, 6.07) is 66.1. The third-order valence-corrected chi connectivity index (χ3v) is 16.3. The Hall–Kier alpha value is -6.25. The van der Waals surface area contributed by atoms with Gasteiger partial charge < -0.3 is 14.7 Å². The first-order chi connectivity index (χ1) is 29.9. The van der Waals surface area contributed by atoms with Gasteiger partial charge in [0.1, 0.15) is 0 Å². The van der Waals surface area contributed by atoms with Gasteiger partial charge in [0, 0.05) is 74.3 Å². The molecule has 0 aliphatic carbocycles. The fourth-order valence-electron chi connectivity index (χ4n) is 10.0. The second-order valence-electron chi connectivity index (χ2n) is 17.3. The molecule has 8 aromatic carbocycles. The highest BCUT2D eigenvalue weighted by Crippen LogP contribution is 2.56. The molecule has 0 unspecified atom stereocenters. The summed E-state index contributed by atoms with van der Waals surface area (Å²) in [6.45, 7) is 6.93. The lowest BCUT2D eigenvalue weighted by molar-refractivity contribution is 0.590. The van der Waals surface area contributed by atoms with Crippen LogP contribution in [0, 0.1) is 0 Å². The first kappa shape index (κ1) is 35.5. The minimum Gasteiger partial charge on any atom is -0.310 e. The van der Waals surface area contributed by atoms with Crippen molar-refractivity contribution in [2.45, 2.75) is 36.0 Å². The van der Waals surface area contributed by atoms with E-state index in [-0.39, 0.29) is 12.1 Å². The molecular formula is C54H38BN3S3. The maximum atomic E-state index is 2.64. The fraction of sp³-hybridized carbons (Fsp3) is 0.0741. The monoisotopic (exact) mass is 835 g/mol. The Labute approximate surface area is 368 Å². The van der Waals surface area contributed by atoms with Crippen LogP contribution >= 0.6 is 34.4 Å². The van der Waals surface area contributed by atoms with E-state index in [0.29, 0.717) is 0 Å². The lowest BCUT2D eigenvalue weighted by atomic mass is 9.36. The highest BCUT2D eigenvalue weighted by molar-refractivity contribution is 7.99. The number of thiophene rings is 2. The van der Waals surface area contributed by atoms with Crippen LogP contribution in [0.5, 0.6) is 0 Å². The third-order valence-electron chi connectivity index (χ3n) is 12.8. The van der Waals surface area contributed by atoms with E-state index >= 15 is 0 Å². The van der Waals surface area contributed by atoms with Crippen molar-refractivity contribution in [3.8, 4) is 0 Å². The van der Waals surface area contributed by atoms with Crippen LogP contribution in [0.4, 0.5) is 51.2 Å². The normalized spacial score (nSPS) is 14.0. The molecule has 2 aromatic heterocycles. The zero-order valence-corrected chi connectivity index (χ0v) is 36.3. The molecule has 3 aliphatic heterocycles. The zero-order valence-electron chi connectivity index (χ0n) is 33.9. The molecule has 0 saturated carbocycles. The molecule has 290 valence electrons. The summed E-state index contributed by atoms with van der Waals surface area (Å²) in [5.74, 6) is 0. The van der Waals surface area contributed by atoms with E-state index in [2.05, 4.69) is 211 Å². The quantitative estimate of drug-likeness (QED) is 0.160. The molecule has 3 nitrogen and oxygen atoms in total. The van der Waals surface area contributed by atoms with Crippen molar-refractivity contribution >= 4 is 138 Å². The van der Waals surface area contributed by atoms with Crippen LogP contribution in [0.15, 0.2) is 186 Å². The molecule has 7 heteroatoms. The average Bonchev–Trinajstić information content (AvgIpc) is 3.86. The minimum atomic E-state index is 0.0436. The van der Waals surface area contributed by atoms with Gasteiger partial charge in [-0.15, -0.1) is 22.7 Å². The van der Waals surface area contributed by atoms with E-state index in [9.17, 15) is 0 Å². The largest absolute Gasteiger partial charge is 0.310 e. The van der Waals surface area contributed by atoms with E-state index in [1.807, 2.05) is 34.4 Å². The molecule has 0 saturated heterocycles. The SMILES string of the molecule is CC(C)(C)c1ccc(N2c3cccc4c3B(c3ccc5cc3N4c3c(ccc4c3sc3ccccc34)Sc3ccccc3N5c3ccccc3)c3sc4ccccc4c32)cc1. The zero-order chi connectivity index (χ0) is 40.6. The predicted octanol–water partition coefficient (Wildman–Crippen LogP) is 14.6. The Bertz CT molecular complexity index is 3420. The summed E-state index contributed by atoms with van der Waals surface area (Å²) >= 11 is 5.75. The maximum absolute atomic E-state index is 2.64. The van der Waals surface area contributed by atoms with Crippen LogP contribution in [0.1, 0.15) is 26.3 Å². The molecule has 0 amide bonds. The van der Waals surface area contributed by atoms with Crippen LogP contribution in [-0.2, 0) is 5.41 Å². The summed E-state index contributed by atoms with van der Waals surface area (Å²) in [7, 11) is 0. The van der Waals surface area contributed by atoms with Crippen LogP contribution < -0.4 is 30.4 Å². The first-order valence-electron chi connectivity index (χ1n) is 21.0. The molecular weight excluding hydrogens is 798 g/mol. The predicted molar refractivity (Wildman–Crippen MR) is 266 cm³/mol. The van der Waals surface area contributed by atoms with Gasteiger partial charge in [-0.1, -0.05) is 130 Å². The van der Waals surface area contributed by atoms with Crippen molar-refractivity contribution in [2.75, 3.05) is 14.7 Å². The standard InChI is InChI=1S/C54H38BN3S3/c1-54(2,3)33-24-26-35(27-25-33)57-42-19-13-20-43-49(42)55(53-50(57)39-17-8-11-22-46(39)61-53)40-30-28-36-32-44(40)58(43)51-48(31-29-38-37-16-7-10-21-45(37)60-52(38)51)59-47-23-12-9-18-41(47)56(36)34-14-5-4-6-15-34/h4-32H,1-3H3. The fourth-order valence-corrected chi connectivity index (χ4v) is 13.7. The first-order valence-corrected chi connectivity index (χ1v) is 23.4. The molecule has 2 bridgehead atoms. The van der Waals surface area contributed by atoms with Crippen LogP contribution in [0.3, 0.4) is 0 Å². The van der Waals surface area contributed by atoms with Gasteiger partial charge in [0.25, 0.3) is 6.71 Å². The molecule has 0 radical (unpaired) electrons. The van der Waals surface area contributed by atoms with Gasteiger partial charge in [-0.05, 0) is 101 Å². The smallest absolute Gasteiger partial charge is 0.264 e. The molecule has 10 aromatic rings. The van der Waals surface area contributed by atoms with E-state index in [0.717, 1.165) is 11.4 Å². The van der Waals surface area contributed by atoms with Gasteiger partial charge in [0.15, 0.2) is 0 Å². The van der Waals surface area contributed by atoms with E-state index in [1.165, 1.54) is 101 Å². The van der Waals surface area contributed by atoms with Gasteiger partial charge in [-0.25, -0.2) is 0 Å². The van der Waals surface area contributed by atoms with Crippen molar-refractivity contribution in [3.05, 3.63) is 181 Å². The Balaban J connectivity index is 1.16. The molecule has 0 spiro atoms. The van der Waals surface area contributed by atoms with Crippen molar-refractivity contribution < 1.29 is 0 Å². The number of rotatable bonds is 2. The van der Waals surface area contributed by atoms with E-state index in [1.54, 1.807) is 0 Å². The third kappa shape index (κ3) is 5.18.